The maximum atomic E-state index is 12.7. The Balaban J connectivity index is 1.42. The summed E-state index contributed by atoms with van der Waals surface area (Å²) in [6.45, 7) is 3.86. The number of urea groups is 1. The molecule has 2 aromatic carbocycles. The summed E-state index contributed by atoms with van der Waals surface area (Å²) in [5, 5.41) is 5.48. The molecule has 8 nitrogen and oxygen atoms in total. The second kappa shape index (κ2) is 8.29. The molecule has 1 unspecified atom stereocenters. The summed E-state index contributed by atoms with van der Waals surface area (Å²) >= 11 is 0. The smallest absolute Gasteiger partial charge is 0.325 e. The summed E-state index contributed by atoms with van der Waals surface area (Å²) in [4.78, 5) is 38.6. The third-order valence-corrected chi connectivity index (χ3v) is 5.52. The molecule has 1 aliphatic heterocycles. The highest BCUT2D eigenvalue weighted by Crippen LogP contribution is 2.42. The molecule has 0 aromatic heterocycles. The number of imide groups is 1. The number of anilines is 1. The third kappa shape index (κ3) is 4.33. The van der Waals surface area contributed by atoms with E-state index in [1.807, 2.05) is 6.92 Å². The maximum absolute atomic E-state index is 12.7. The Morgan fingerprint density at radius 3 is 2.48 bits per heavy atom. The van der Waals surface area contributed by atoms with Gasteiger partial charge in [0.25, 0.3) is 5.91 Å². The van der Waals surface area contributed by atoms with E-state index >= 15 is 0 Å². The van der Waals surface area contributed by atoms with E-state index in [0.717, 1.165) is 23.5 Å². The SMILES string of the molecule is CCOc1ccc(Oc2ccccc2NC(=O)CN2C(=O)NC(C)(C3CC3)C2=O)cc1. The molecule has 8 heteroatoms. The van der Waals surface area contributed by atoms with E-state index < -0.39 is 17.5 Å². The van der Waals surface area contributed by atoms with Crippen molar-refractivity contribution in [3.05, 3.63) is 48.5 Å². The molecule has 0 radical (unpaired) electrons. The molecule has 1 saturated carbocycles. The van der Waals surface area contributed by atoms with E-state index in [4.69, 9.17) is 9.47 Å². The molecule has 4 rings (SSSR count). The molecule has 1 heterocycles. The summed E-state index contributed by atoms with van der Waals surface area (Å²) in [6.07, 6.45) is 1.80. The van der Waals surface area contributed by atoms with Gasteiger partial charge in [0.15, 0.2) is 5.75 Å². The van der Waals surface area contributed by atoms with Gasteiger partial charge in [-0.05, 0) is 69.0 Å². The van der Waals surface area contributed by atoms with Gasteiger partial charge in [0.2, 0.25) is 5.91 Å². The molecule has 31 heavy (non-hydrogen) atoms. The highest BCUT2D eigenvalue weighted by atomic mass is 16.5. The summed E-state index contributed by atoms with van der Waals surface area (Å²) < 4.78 is 11.3. The molecular formula is C23H25N3O5. The van der Waals surface area contributed by atoms with Gasteiger partial charge in [0.05, 0.1) is 12.3 Å². The van der Waals surface area contributed by atoms with Crippen LogP contribution >= 0.6 is 0 Å². The number of para-hydroxylation sites is 2. The molecule has 0 bridgehead atoms. The Morgan fingerprint density at radius 2 is 1.81 bits per heavy atom. The van der Waals surface area contributed by atoms with Crippen LogP contribution in [0.3, 0.4) is 0 Å². The third-order valence-electron chi connectivity index (χ3n) is 5.52. The van der Waals surface area contributed by atoms with Gasteiger partial charge in [-0.2, -0.15) is 0 Å². The van der Waals surface area contributed by atoms with Gasteiger partial charge in [-0.3, -0.25) is 14.5 Å². The summed E-state index contributed by atoms with van der Waals surface area (Å²) in [7, 11) is 0. The number of hydrogen-bond acceptors (Lipinski definition) is 5. The number of rotatable bonds is 8. The van der Waals surface area contributed by atoms with Crippen LogP contribution in [-0.2, 0) is 9.59 Å². The molecule has 162 valence electrons. The molecule has 0 spiro atoms. The van der Waals surface area contributed by atoms with E-state index in [-0.39, 0.29) is 18.4 Å². The zero-order chi connectivity index (χ0) is 22.0. The van der Waals surface area contributed by atoms with Crippen molar-refractivity contribution in [2.45, 2.75) is 32.2 Å². The minimum Gasteiger partial charge on any atom is -0.494 e. The van der Waals surface area contributed by atoms with Gasteiger partial charge in [-0.25, -0.2) is 4.79 Å². The lowest BCUT2D eigenvalue weighted by Gasteiger charge is -2.20. The summed E-state index contributed by atoms with van der Waals surface area (Å²) in [5.74, 6) is 1.07. The first-order chi connectivity index (χ1) is 14.9. The van der Waals surface area contributed by atoms with Crippen LogP contribution in [0.25, 0.3) is 0 Å². The molecule has 1 saturated heterocycles. The topological polar surface area (TPSA) is 97.0 Å². The number of carbonyl (C=O) groups excluding carboxylic acids is 3. The molecule has 4 amide bonds. The zero-order valence-corrected chi connectivity index (χ0v) is 17.5. The van der Waals surface area contributed by atoms with Crippen molar-refractivity contribution >= 4 is 23.5 Å². The Bertz CT molecular complexity index is 1000. The van der Waals surface area contributed by atoms with Crippen LogP contribution in [0.15, 0.2) is 48.5 Å². The van der Waals surface area contributed by atoms with Crippen LogP contribution in [0.2, 0.25) is 0 Å². The highest BCUT2D eigenvalue weighted by molar-refractivity contribution is 6.10. The minimum absolute atomic E-state index is 0.139. The van der Waals surface area contributed by atoms with Crippen LogP contribution in [0.5, 0.6) is 17.2 Å². The fourth-order valence-electron chi connectivity index (χ4n) is 3.69. The van der Waals surface area contributed by atoms with Crippen molar-refractivity contribution in [3.8, 4) is 17.2 Å². The molecular weight excluding hydrogens is 398 g/mol. The van der Waals surface area contributed by atoms with Crippen LogP contribution in [0, 0.1) is 5.92 Å². The number of carbonyl (C=O) groups is 3. The molecule has 2 aliphatic rings. The largest absolute Gasteiger partial charge is 0.494 e. The summed E-state index contributed by atoms with van der Waals surface area (Å²) in [5.41, 5.74) is -0.468. The first-order valence-electron chi connectivity index (χ1n) is 10.3. The van der Waals surface area contributed by atoms with Gasteiger partial charge < -0.3 is 20.1 Å². The molecule has 2 N–H and O–H groups in total. The Hall–Kier alpha value is -3.55. The van der Waals surface area contributed by atoms with E-state index in [1.54, 1.807) is 55.5 Å². The van der Waals surface area contributed by atoms with Crippen LogP contribution < -0.4 is 20.1 Å². The molecule has 1 aliphatic carbocycles. The minimum atomic E-state index is -0.911. The second-order valence-corrected chi connectivity index (χ2v) is 7.85. The predicted octanol–water partition coefficient (Wildman–Crippen LogP) is 3.54. The fraction of sp³-hybridized carbons (Fsp3) is 0.348. The van der Waals surface area contributed by atoms with Gasteiger partial charge in [0, 0.05) is 0 Å². The van der Waals surface area contributed by atoms with Crippen LogP contribution in [0.1, 0.15) is 26.7 Å². The van der Waals surface area contributed by atoms with Crippen molar-refractivity contribution in [2.75, 3.05) is 18.5 Å². The van der Waals surface area contributed by atoms with Crippen molar-refractivity contribution in [1.29, 1.82) is 0 Å². The van der Waals surface area contributed by atoms with Crippen molar-refractivity contribution in [2.24, 2.45) is 5.92 Å². The normalized spacial score (nSPS) is 20.4. The summed E-state index contributed by atoms with van der Waals surface area (Å²) in [6, 6.07) is 13.6. The molecule has 2 aromatic rings. The van der Waals surface area contributed by atoms with E-state index in [9.17, 15) is 14.4 Å². The van der Waals surface area contributed by atoms with Gasteiger partial charge >= 0.3 is 6.03 Å². The molecule has 2 fully saturated rings. The lowest BCUT2D eigenvalue weighted by atomic mass is 9.96. The number of nitrogens with zero attached hydrogens (tertiary/aromatic N) is 1. The Morgan fingerprint density at radius 1 is 1.13 bits per heavy atom. The van der Waals surface area contributed by atoms with Gasteiger partial charge in [-0.15, -0.1) is 0 Å². The zero-order valence-electron chi connectivity index (χ0n) is 17.5. The number of benzene rings is 2. The molecule has 1 atom stereocenters. The lowest BCUT2D eigenvalue weighted by Crippen LogP contribution is -2.46. The van der Waals surface area contributed by atoms with Crippen molar-refractivity contribution < 1.29 is 23.9 Å². The van der Waals surface area contributed by atoms with Crippen molar-refractivity contribution in [3.63, 3.8) is 0 Å². The fourth-order valence-corrected chi connectivity index (χ4v) is 3.69. The Kier molecular flexibility index (Phi) is 5.54. The first-order valence-corrected chi connectivity index (χ1v) is 10.3. The number of nitrogens with one attached hydrogen (secondary N) is 2. The van der Waals surface area contributed by atoms with Gasteiger partial charge in [-0.1, -0.05) is 12.1 Å². The van der Waals surface area contributed by atoms with E-state index in [2.05, 4.69) is 10.6 Å². The van der Waals surface area contributed by atoms with Crippen molar-refractivity contribution in [1.82, 2.24) is 10.2 Å². The monoisotopic (exact) mass is 423 g/mol. The van der Waals surface area contributed by atoms with Crippen LogP contribution in [0.4, 0.5) is 10.5 Å². The van der Waals surface area contributed by atoms with Gasteiger partial charge in [0.1, 0.15) is 23.6 Å². The lowest BCUT2D eigenvalue weighted by molar-refractivity contribution is -0.134. The quantitative estimate of drug-likeness (QED) is 0.633. The average molecular weight is 423 g/mol. The maximum Gasteiger partial charge on any atom is 0.325 e. The van der Waals surface area contributed by atoms with E-state index in [1.165, 1.54) is 0 Å². The second-order valence-electron chi connectivity index (χ2n) is 7.85. The van der Waals surface area contributed by atoms with Crippen LogP contribution in [-0.4, -0.2) is 41.4 Å². The highest BCUT2D eigenvalue weighted by Gasteiger charge is 2.56. The van der Waals surface area contributed by atoms with E-state index in [0.29, 0.717) is 23.8 Å². The first kappa shape index (κ1) is 20.7. The number of amides is 4. The predicted molar refractivity (Wildman–Crippen MR) is 114 cm³/mol. The number of hydrogen-bond donors (Lipinski definition) is 2. The average Bonchev–Trinajstić information content (AvgIpc) is 3.57. The standard InChI is InChI=1S/C23H25N3O5/c1-3-30-16-10-12-17(13-11-16)31-19-7-5-4-6-18(19)24-20(27)14-26-21(28)23(2,15-8-9-15)25-22(26)29/h4-7,10-13,15H,3,8-9,14H2,1-2H3,(H,24,27)(H,25,29). The Labute approximate surface area is 180 Å². The number of ether oxygens (including phenoxy) is 2.